The number of hydrogen-bond donors (Lipinski definition) is 1. The fraction of sp³-hybridized carbons (Fsp3) is 0.500. The zero-order valence-corrected chi connectivity index (χ0v) is 16.8. The molecule has 0 bridgehead atoms. The highest BCUT2D eigenvalue weighted by Gasteiger charge is 2.17. The maximum absolute atomic E-state index is 9.52. The highest BCUT2D eigenvalue weighted by atomic mass is 16.5. The lowest BCUT2D eigenvalue weighted by Crippen LogP contribution is -2.18. The van der Waals surface area contributed by atoms with Crippen LogP contribution in [0.4, 0.5) is 0 Å². The maximum Gasteiger partial charge on any atom is 0.171 e. The molecular formula is C22H33NO2. The Morgan fingerprint density at radius 2 is 1.96 bits per heavy atom. The van der Waals surface area contributed by atoms with E-state index < -0.39 is 6.23 Å². The summed E-state index contributed by atoms with van der Waals surface area (Å²) in [7, 11) is 1.55. The Bertz CT molecular complexity index is 644. The van der Waals surface area contributed by atoms with Gasteiger partial charge in [0.25, 0.3) is 0 Å². The topological polar surface area (TPSA) is 41.8 Å². The molecule has 3 heteroatoms. The van der Waals surface area contributed by atoms with E-state index in [1.807, 2.05) is 6.08 Å². The van der Waals surface area contributed by atoms with Crippen molar-refractivity contribution in [3.05, 3.63) is 59.2 Å². The van der Waals surface area contributed by atoms with Gasteiger partial charge in [-0.25, -0.2) is 0 Å². The standard InChI is InChI=1S/C22H33NO2/c1-15(2)18-10-9-16(3)13-19(18)21(23-20(14-24)25-8)17(4)11-12-22(5,6)7/h9-13,15,20,24H,4,14H2,1-3,5-8H3/b12-11-,23-21-/t20-/m1/s1. The molecule has 1 aromatic carbocycles. The van der Waals surface area contributed by atoms with Gasteiger partial charge in [0, 0.05) is 12.7 Å². The molecule has 1 N–H and O–H groups in total. The molecule has 1 aromatic rings. The Morgan fingerprint density at radius 3 is 2.44 bits per heavy atom. The largest absolute Gasteiger partial charge is 0.392 e. The highest BCUT2D eigenvalue weighted by molar-refractivity contribution is 6.15. The average molecular weight is 344 g/mol. The highest BCUT2D eigenvalue weighted by Crippen LogP contribution is 2.25. The van der Waals surface area contributed by atoms with Gasteiger partial charge in [-0.1, -0.05) is 71.0 Å². The van der Waals surface area contributed by atoms with Gasteiger partial charge in [-0.2, -0.15) is 0 Å². The number of rotatable bonds is 7. The minimum atomic E-state index is -0.602. The number of aliphatic hydroxyl groups excluding tert-OH is 1. The summed E-state index contributed by atoms with van der Waals surface area (Å²) in [5, 5.41) is 9.52. The number of methoxy groups -OCH3 is 1. The SMILES string of the molecule is C=C(/C=C\C(C)(C)C)/C(=N/[C@@H](CO)OC)c1cc(C)ccc1C(C)C. The fourth-order valence-corrected chi connectivity index (χ4v) is 2.45. The summed E-state index contributed by atoms with van der Waals surface area (Å²) in [6, 6.07) is 6.39. The third-order valence-electron chi connectivity index (χ3n) is 3.88. The molecule has 25 heavy (non-hydrogen) atoms. The minimum Gasteiger partial charge on any atom is -0.392 e. The third-order valence-corrected chi connectivity index (χ3v) is 3.88. The Hall–Kier alpha value is -1.71. The van der Waals surface area contributed by atoms with E-state index in [1.54, 1.807) is 7.11 Å². The number of nitrogens with zero attached hydrogens (tertiary/aromatic N) is 1. The number of aryl methyl sites for hydroxylation is 1. The van der Waals surface area contributed by atoms with E-state index in [1.165, 1.54) is 5.56 Å². The number of aliphatic hydroxyl groups is 1. The average Bonchev–Trinajstić information content (AvgIpc) is 2.52. The number of hydrogen-bond acceptors (Lipinski definition) is 3. The second-order valence-corrected chi connectivity index (χ2v) is 7.82. The van der Waals surface area contributed by atoms with Crippen LogP contribution in [0.5, 0.6) is 0 Å². The molecule has 3 nitrogen and oxygen atoms in total. The van der Waals surface area contributed by atoms with Crippen LogP contribution in [0.3, 0.4) is 0 Å². The first kappa shape index (κ1) is 21.3. The van der Waals surface area contributed by atoms with Crippen LogP contribution in [0.1, 0.15) is 57.2 Å². The minimum absolute atomic E-state index is 0.0547. The van der Waals surface area contributed by atoms with Crippen molar-refractivity contribution < 1.29 is 9.84 Å². The van der Waals surface area contributed by atoms with Gasteiger partial charge in [-0.15, -0.1) is 0 Å². The van der Waals surface area contributed by atoms with Crippen molar-refractivity contribution in [2.45, 2.75) is 53.7 Å². The predicted molar refractivity (Wildman–Crippen MR) is 107 cm³/mol. The third kappa shape index (κ3) is 6.60. The lowest BCUT2D eigenvalue weighted by atomic mass is 9.89. The van der Waals surface area contributed by atoms with Crippen LogP contribution in [-0.2, 0) is 4.74 Å². The molecule has 0 aliphatic rings. The molecule has 0 aromatic heterocycles. The van der Waals surface area contributed by atoms with Gasteiger partial charge >= 0.3 is 0 Å². The van der Waals surface area contributed by atoms with Crippen molar-refractivity contribution in [3.8, 4) is 0 Å². The van der Waals surface area contributed by atoms with E-state index in [4.69, 9.17) is 4.74 Å². The van der Waals surface area contributed by atoms with Gasteiger partial charge in [0.15, 0.2) is 6.23 Å². The molecular weight excluding hydrogens is 310 g/mol. The monoisotopic (exact) mass is 343 g/mol. The molecule has 0 saturated heterocycles. The Balaban J connectivity index is 3.50. The molecule has 1 rings (SSSR count). The quantitative estimate of drug-likeness (QED) is 0.557. The summed E-state index contributed by atoms with van der Waals surface area (Å²) >= 11 is 0. The first-order chi connectivity index (χ1) is 11.6. The summed E-state index contributed by atoms with van der Waals surface area (Å²) in [5.74, 6) is 0.357. The van der Waals surface area contributed by atoms with E-state index in [9.17, 15) is 5.11 Å². The molecule has 138 valence electrons. The van der Waals surface area contributed by atoms with Gasteiger partial charge in [-0.3, -0.25) is 4.99 Å². The molecule has 0 radical (unpaired) electrons. The van der Waals surface area contributed by atoms with Crippen molar-refractivity contribution in [1.82, 2.24) is 0 Å². The van der Waals surface area contributed by atoms with Crippen molar-refractivity contribution >= 4 is 5.71 Å². The summed E-state index contributed by atoms with van der Waals surface area (Å²) in [5.41, 5.74) is 5.07. The van der Waals surface area contributed by atoms with E-state index in [0.717, 1.165) is 22.4 Å². The van der Waals surface area contributed by atoms with E-state index in [-0.39, 0.29) is 12.0 Å². The molecule has 0 fully saturated rings. The van der Waals surface area contributed by atoms with Crippen LogP contribution in [-0.4, -0.2) is 30.8 Å². The smallest absolute Gasteiger partial charge is 0.171 e. The van der Waals surface area contributed by atoms with Crippen LogP contribution < -0.4 is 0 Å². The first-order valence-corrected chi connectivity index (χ1v) is 8.80. The van der Waals surface area contributed by atoms with Gasteiger partial charge in [0.1, 0.15) is 0 Å². The Kier molecular flexibility index (Phi) is 7.78. The zero-order valence-electron chi connectivity index (χ0n) is 16.8. The second-order valence-electron chi connectivity index (χ2n) is 7.82. The summed E-state index contributed by atoms with van der Waals surface area (Å²) in [4.78, 5) is 4.66. The van der Waals surface area contributed by atoms with Gasteiger partial charge in [-0.05, 0) is 35.5 Å². The molecule has 0 amide bonds. The second kappa shape index (κ2) is 9.12. The normalized spacial score (nSPS) is 14.4. The maximum atomic E-state index is 9.52. The summed E-state index contributed by atoms with van der Waals surface area (Å²) in [6.45, 7) is 16.9. The van der Waals surface area contributed by atoms with Crippen LogP contribution in [0.2, 0.25) is 0 Å². The van der Waals surface area contributed by atoms with Gasteiger partial charge in [0.2, 0.25) is 0 Å². The first-order valence-electron chi connectivity index (χ1n) is 8.80. The molecule has 0 aliphatic heterocycles. The molecule has 0 heterocycles. The van der Waals surface area contributed by atoms with Gasteiger partial charge < -0.3 is 9.84 Å². The number of aliphatic imine (C=N–C) groups is 1. The summed E-state index contributed by atoms with van der Waals surface area (Å²) < 4.78 is 5.27. The van der Waals surface area contributed by atoms with Crippen LogP contribution in [0.25, 0.3) is 0 Å². The Morgan fingerprint density at radius 1 is 1.32 bits per heavy atom. The lowest BCUT2D eigenvalue weighted by Gasteiger charge is -2.19. The fourth-order valence-electron chi connectivity index (χ4n) is 2.45. The molecule has 0 saturated carbocycles. The summed E-state index contributed by atoms with van der Waals surface area (Å²) in [6.07, 6.45) is 3.53. The van der Waals surface area contributed by atoms with Crippen LogP contribution >= 0.6 is 0 Å². The van der Waals surface area contributed by atoms with Crippen molar-refractivity contribution in [1.29, 1.82) is 0 Å². The van der Waals surface area contributed by atoms with Crippen molar-refractivity contribution in [3.63, 3.8) is 0 Å². The van der Waals surface area contributed by atoms with E-state index >= 15 is 0 Å². The van der Waals surface area contributed by atoms with E-state index in [0.29, 0.717) is 5.92 Å². The Labute approximate surface area is 153 Å². The molecule has 0 unspecified atom stereocenters. The number of allylic oxidation sites excluding steroid dienone is 3. The predicted octanol–water partition coefficient (Wildman–Crippen LogP) is 5.03. The van der Waals surface area contributed by atoms with Crippen LogP contribution in [0.15, 0.2) is 47.5 Å². The van der Waals surface area contributed by atoms with Gasteiger partial charge in [0.05, 0.1) is 12.3 Å². The molecule has 1 atom stereocenters. The van der Waals surface area contributed by atoms with Crippen molar-refractivity contribution in [2.24, 2.45) is 10.4 Å². The number of ether oxygens (including phenoxy) is 1. The van der Waals surface area contributed by atoms with Crippen molar-refractivity contribution in [2.75, 3.05) is 13.7 Å². The zero-order chi connectivity index (χ0) is 19.2. The number of benzene rings is 1. The molecule has 0 spiro atoms. The molecule has 0 aliphatic carbocycles. The van der Waals surface area contributed by atoms with Crippen LogP contribution in [0, 0.1) is 12.3 Å². The lowest BCUT2D eigenvalue weighted by molar-refractivity contribution is 0.0557. The van der Waals surface area contributed by atoms with E-state index in [2.05, 4.69) is 77.4 Å².